The van der Waals surface area contributed by atoms with E-state index in [4.69, 9.17) is 9.94 Å². The highest BCUT2D eigenvalue weighted by molar-refractivity contribution is 5.80. The van der Waals surface area contributed by atoms with Crippen LogP contribution in [0.15, 0.2) is 48.5 Å². The van der Waals surface area contributed by atoms with E-state index in [1.807, 2.05) is 0 Å². The van der Waals surface area contributed by atoms with Gasteiger partial charge in [0.15, 0.2) is 6.10 Å². The Labute approximate surface area is 175 Å². The number of nitrogens with one attached hydrogen (secondary N) is 1. The lowest BCUT2D eigenvalue weighted by molar-refractivity contribution is -0.143. The average molecular weight is 431 g/mol. The summed E-state index contributed by atoms with van der Waals surface area (Å²) in [6.07, 6.45) is -9.93. The molecule has 4 N–H and O–H groups in total. The van der Waals surface area contributed by atoms with Crippen molar-refractivity contribution in [3.8, 4) is 23.7 Å². The summed E-state index contributed by atoms with van der Waals surface area (Å²) in [5.74, 6) is 9.97. The number of aliphatic hydroxyl groups is 2. The van der Waals surface area contributed by atoms with Gasteiger partial charge >= 0.3 is 6.18 Å². The van der Waals surface area contributed by atoms with Crippen LogP contribution in [0.25, 0.3) is 0 Å². The van der Waals surface area contributed by atoms with E-state index >= 15 is 0 Å². The van der Waals surface area contributed by atoms with Gasteiger partial charge in [-0.2, -0.15) is 13.2 Å². The zero-order chi connectivity index (χ0) is 22.6. The van der Waals surface area contributed by atoms with Gasteiger partial charge in [0.05, 0.1) is 5.56 Å². The number of halogens is 3. The van der Waals surface area contributed by atoms with Gasteiger partial charge in [-0.15, -0.1) is 0 Å². The Bertz CT molecular complexity index is 1060. The smallest absolute Gasteiger partial charge is 0.387 e. The number of alkyl halides is 3. The fraction of sp³-hybridized carbons (Fsp3) is 0.227. The van der Waals surface area contributed by atoms with Gasteiger partial charge in [-0.25, -0.2) is 5.48 Å². The van der Waals surface area contributed by atoms with Crippen LogP contribution in [-0.2, 0) is 15.7 Å². The first-order chi connectivity index (χ1) is 14.7. The van der Waals surface area contributed by atoms with Crippen LogP contribution in [0.4, 0.5) is 13.2 Å². The Morgan fingerprint density at radius 2 is 1.35 bits per heavy atom. The Morgan fingerprint density at radius 3 is 1.84 bits per heavy atom. The molecule has 0 aromatic heterocycles. The third kappa shape index (κ3) is 5.43. The molecular formula is C22H16F3NO5. The molecule has 2 aromatic carbocycles. The standard InChI is InChI=1S/C22H16F3NO5/c23-22(24,25)16-10-7-15(8-11-16)6-3-13-1-4-14(5-2-13)9-12-17-18(27)19(28)20(31-17)21(29)26-30/h1-2,4-5,7-8,10-11,17-20,27-28,30H,(H,26,29)/t17-,18-,19-,20+/m1/s1. The molecule has 0 bridgehead atoms. The van der Waals surface area contributed by atoms with Gasteiger partial charge in [0, 0.05) is 16.7 Å². The molecule has 1 heterocycles. The van der Waals surface area contributed by atoms with E-state index < -0.39 is 42.1 Å². The number of hydrogen-bond acceptors (Lipinski definition) is 5. The fourth-order valence-corrected chi connectivity index (χ4v) is 2.76. The van der Waals surface area contributed by atoms with E-state index in [0.29, 0.717) is 16.7 Å². The average Bonchev–Trinajstić information content (AvgIpc) is 3.04. The van der Waals surface area contributed by atoms with Crippen molar-refractivity contribution in [3.05, 3.63) is 70.8 Å². The summed E-state index contributed by atoms with van der Waals surface area (Å²) in [6, 6.07) is 11.1. The molecule has 1 aliphatic rings. The van der Waals surface area contributed by atoms with Crippen molar-refractivity contribution in [1.29, 1.82) is 0 Å². The number of ether oxygens (including phenoxy) is 1. The molecule has 3 rings (SSSR count). The second-order valence-electron chi connectivity index (χ2n) is 6.61. The fourth-order valence-electron chi connectivity index (χ4n) is 2.76. The SMILES string of the molecule is O=C(NO)[C@H]1O[C@H](C#Cc2ccc(C#Cc3ccc(C(F)(F)F)cc3)cc2)[C@@H](O)[C@H]1O. The second-order valence-corrected chi connectivity index (χ2v) is 6.61. The Morgan fingerprint density at radius 1 is 0.871 bits per heavy atom. The maximum absolute atomic E-state index is 12.6. The van der Waals surface area contributed by atoms with E-state index in [1.165, 1.54) is 17.6 Å². The number of carbonyl (C=O) groups is 1. The Balaban J connectivity index is 1.66. The summed E-state index contributed by atoms with van der Waals surface area (Å²) in [4.78, 5) is 11.4. The highest BCUT2D eigenvalue weighted by Gasteiger charge is 2.45. The first-order valence-electron chi connectivity index (χ1n) is 8.95. The quantitative estimate of drug-likeness (QED) is 0.311. The summed E-state index contributed by atoms with van der Waals surface area (Å²) in [5.41, 5.74) is 2.19. The monoisotopic (exact) mass is 431 g/mol. The molecule has 4 atom stereocenters. The molecule has 1 saturated heterocycles. The highest BCUT2D eigenvalue weighted by atomic mass is 19.4. The summed E-state index contributed by atoms with van der Waals surface area (Å²) in [7, 11) is 0. The lowest BCUT2D eigenvalue weighted by atomic mass is 10.1. The normalized spacial score (nSPS) is 22.6. The van der Waals surface area contributed by atoms with Gasteiger partial charge in [0.1, 0.15) is 18.3 Å². The maximum atomic E-state index is 12.6. The van der Waals surface area contributed by atoms with Crippen molar-refractivity contribution in [3.63, 3.8) is 0 Å². The third-order valence-electron chi connectivity index (χ3n) is 4.44. The van der Waals surface area contributed by atoms with Crippen LogP contribution < -0.4 is 5.48 Å². The molecule has 0 saturated carbocycles. The van der Waals surface area contributed by atoms with E-state index in [0.717, 1.165) is 12.1 Å². The first-order valence-corrected chi connectivity index (χ1v) is 8.95. The molecule has 1 amide bonds. The van der Waals surface area contributed by atoms with Gasteiger partial charge in [-0.05, 0) is 48.5 Å². The Kier molecular flexibility index (Phi) is 6.64. The molecular weight excluding hydrogens is 415 g/mol. The molecule has 2 aromatic rings. The Hall–Kier alpha value is -3.34. The summed E-state index contributed by atoms with van der Waals surface area (Å²) < 4.78 is 42.9. The van der Waals surface area contributed by atoms with Crippen LogP contribution in [0.3, 0.4) is 0 Å². The van der Waals surface area contributed by atoms with Crippen molar-refractivity contribution < 1.29 is 38.1 Å². The van der Waals surface area contributed by atoms with Crippen LogP contribution in [-0.4, -0.2) is 45.7 Å². The van der Waals surface area contributed by atoms with Crippen LogP contribution in [0.5, 0.6) is 0 Å². The second kappa shape index (κ2) is 9.21. The van der Waals surface area contributed by atoms with Gasteiger partial charge < -0.3 is 14.9 Å². The molecule has 9 heteroatoms. The first kappa shape index (κ1) is 22.3. The third-order valence-corrected chi connectivity index (χ3v) is 4.44. The summed E-state index contributed by atoms with van der Waals surface area (Å²) >= 11 is 0. The van der Waals surface area contributed by atoms with Crippen molar-refractivity contribution >= 4 is 5.91 Å². The maximum Gasteiger partial charge on any atom is 0.416 e. The lowest BCUT2D eigenvalue weighted by Crippen LogP contribution is -2.41. The minimum absolute atomic E-state index is 0.435. The predicted octanol–water partition coefficient (Wildman–Crippen LogP) is 1.45. The molecule has 0 spiro atoms. The topological polar surface area (TPSA) is 99.0 Å². The van der Waals surface area contributed by atoms with Crippen molar-refractivity contribution in [2.24, 2.45) is 0 Å². The number of carbonyl (C=O) groups excluding carboxylic acids is 1. The van der Waals surface area contributed by atoms with Crippen molar-refractivity contribution in [2.45, 2.75) is 30.6 Å². The molecule has 0 aliphatic carbocycles. The van der Waals surface area contributed by atoms with Gasteiger partial charge in [-0.1, -0.05) is 23.7 Å². The number of hydrogen-bond donors (Lipinski definition) is 4. The van der Waals surface area contributed by atoms with E-state index in [-0.39, 0.29) is 0 Å². The van der Waals surface area contributed by atoms with E-state index in [9.17, 15) is 28.2 Å². The number of aliphatic hydroxyl groups excluding tert-OH is 2. The molecule has 31 heavy (non-hydrogen) atoms. The zero-order valence-electron chi connectivity index (χ0n) is 15.7. The summed E-state index contributed by atoms with van der Waals surface area (Å²) in [5, 5.41) is 28.3. The number of rotatable bonds is 1. The minimum Gasteiger partial charge on any atom is -0.387 e. The number of hydroxylamine groups is 1. The van der Waals surface area contributed by atoms with Crippen LogP contribution in [0, 0.1) is 23.7 Å². The number of benzene rings is 2. The van der Waals surface area contributed by atoms with Crippen molar-refractivity contribution in [2.75, 3.05) is 0 Å². The van der Waals surface area contributed by atoms with E-state index in [1.54, 1.807) is 24.3 Å². The summed E-state index contributed by atoms with van der Waals surface area (Å²) in [6.45, 7) is 0. The van der Waals surface area contributed by atoms with Gasteiger partial charge in [-0.3, -0.25) is 10.0 Å². The van der Waals surface area contributed by atoms with Gasteiger partial charge in [0.25, 0.3) is 5.91 Å². The van der Waals surface area contributed by atoms with E-state index in [2.05, 4.69) is 23.7 Å². The van der Waals surface area contributed by atoms with Crippen LogP contribution in [0.1, 0.15) is 22.3 Å². The van der Waals surface area contributed by atoms with Crippen LogP contribution in [0.2, 0.25) is 0 Å². The molecule has 0 unspecified atom stereocenters. The molecule has 0 radical (unpaired) electrons. The van der Waals surface area contributed by atoms with Gasteiger partial charge in [0.2, 0.25) is 0 Å². The highest BCUT2D eigenvalue weighted by Crippen LogP contribution is 2.29. The molecule has 1 fully saturated rings. The number of amides is 1. The predicted molar refractivity (Wildman–Crippen MR) is 101 cm³/mol. The largest absolute Gasteiger partial charge is 0.416 e. The van der Waals surface area contributed by atoms with Crippen molar-refractivity contribution in [1.82, 2.24) is 5.48 Å². The van der Waals surface area contributed by atoms with Crippen LogP contribution >= 0.6 is 0 Å². The molecule has 6 nitrogen and oxygen atoms in total. The lowest BCUT2D eigenvalue weighted by Gasteiger charge is -2.11. The zero-order valence-corrected chi connectivity index (χ0v) is 15.7. The molecule has 160 valence electrons. The molecule has 1 aliphatic heterocycles. The minimum atomic E-state index is -4.40.